The highest BCUT2D eigenvalue weighted by molar-refractivity contribution is 6.07. The summed E-state index contributed by atoms with van der Waals surface area (Å²) in [5.74, 6) is 6.72. The molecule has 0 radical (unpaired) electrons. The van der Waals surface area contributed by atoms with Crippen LogP contribution in [0.4, 0.5) is 11.4 Å². The molecule has 5 N–H and O–H groups in total. The molecule has 1 unspecified atom stereocenters. The monoisotopic (exact) mass is 403 g/mol. The van der Waals surface area contributed by atoms with Crippen molar-refractivity contribution in [2.24, 2.45) is 5.92 Å². The van der Waals surface area contributed by atoms with E-state index in [9.17, 15) is 9.59 Å². The van der Waals surface area contributed by atoms with Gasteiger partial charge in [-0.25, -0.2) is 0 Å². The number of aromatic nitrogens is 1. The molecule has 0 bridgehead atoms. The van der Waals surface area contributed by atoms with Crippen molar-refractivity contribution in [2.75, 3.05) is 17.7 Å². The summed E-state index contributed by atoms with van der Waals surface area (Å²) >= 11 is 0. The van der Waals surface area contributed by atoms with Crippen molar-refractivity contribution in [3.63, 3.8) is 0 Å². The third kappa shape index (κ3) is 3.36. The van der Waals surface area contributed by atoms with Gasteiger partial charge >= 0.3 is 0 Å². The van der Waals surface area contributed by atoms with E-state index in [2.05, 4.69) is 22.0 Å². The second-order valence-electron chi connectivity index (χ2n) is 8.12. The van der Waals surface area contributed by atoms with Gasteiger partial charge in [0.1, 0.15) is 0 Å². The average molecular weight is 403 g/mol. The molecule has 1 saturated carbocycles. The summed E-state index contributed by atoms with van der Waals surface area (Å²) in [7, 11) is 0. The average Bonchev–Trinajstić information content (AvgIpc) is 3.56. The number of hydrogen-bond donors (Lipinski definition) is 4. The molecule has 1 fully saturated rings. The fourth-order valence-electron chi connectivity index (χ4n) is 4.24. The molecule has 1 atom stereocenters. The van der Waals surface area contributed by atoms with Gasteiger partial charge < -0.3 is 21.8 Å². The largest absolute Gasteiger partial charge is 0.387 e. The summed E-state index contributed by atoms with van der Waals surface area (Å²) in [6, 6.07) is 9.55. The standard InChI is InChI=1S/C23H25N5O2/c24-28-18-12-17(27-23(30)15-6-7-15)13-19(29)20(18)21(26-16-4-2-1-3-5-16)22(28)14-8-10-25-11-9-14/h1-5,8-10,15,17,25-26H,6-7,11-13,24H2,(H,27,30). The maximum atomic E-state index is 13.2. The molecule has 0 saturated heterocycles. The van der Waals surface area contributed by atoms with Gasteiger partial charge in [-0.1, -0.05) is 24.3 Å². The summed E-state index contributed by atoms with van der Waals surface area (Å²) in [5, 5.41) is 9.63. The van der Waals surface area contributed by atoms with Crippen LogP contribution in [0.2, 0.25) is 0 Å². The number of allylic oxidation sites excluding steroid dienone is 2. The van der Waals surface area contributed by atoms with Crippen LogP contribution in [0.3, 0.4) is 0 Å². The number of dihydropyridines is 1. The van der Waals surface area contributed by atoms with Crippen molar-refractivity contribution in [1.82, 2.24) is 15.3 Å². The zero-order valence-electron chi connectivity index (χ0n) is 16.7. The number of para-hydroxylation sites is 1. The molecule has 154 valence electrons. The Hall–Kier alpha value is -3.48. The lowest BCUT2D eigenvalue weighted by Gasteiger charge is -2.24. The van der Waals surface area contributed by atoms with Gasteiger partial charge in [0, 0.05) is 42.6 Å². The number of benzene rings is 1. The Morgan fingerprint density at radius 1 is 1.17 bits per heavy atom. The van der Waals surface area contributed by atoms with Crippen LogP contribution < -0.4 is 21.8 Å². The zero-order chi connectivity index (χ0) is 20.7. The van der Waals surface area contributed by atoms with Crippen molar-refractivity contribution < 1.29 is 9.59 Å². The maximum Gasteiger partial charge on any atom is 0.223 e. The Morgan fingerprint density at radius 3 is 2.67 bits per heavy atom. The second kappa shape index (κ2) is 7.40. The minimum Gasteiger partial charge on any atom is -0.387 e. The van der Waals surface area contributed by atoms with E-state index in [1.54, 1.807) is 4.68 Å². The van der Waals surface area contributed by atoms with Crippen molar-refractivity contribution in [1.29, 1.82) is 0 Å². The number of nitrogens with two attached hydrogens (primary N) is 1. The molecule has 5 rings (SSSR count). The predicted molar refractivity (Wildman–Crippen MR) is 117 cm³/mol. The Balaban J connectivity index is 1.56. The summed E-state index contributed by atoms with van der Waals surface area (Å²) in [6.45, 7) is 0.695. The third-order valence-electron chi connectivity index (χ3n) is 5.89. The van der Waals surface area contributed by atoms with Crippen molar-refractivity contribution in [3.05, 3.63) is 65.6 Å². The van der Waals surface area contributed by atoms with Crippen LogP contribution in [0.5, 0.6) is 0 Å². The number of fused-ring (bicyclic) bond motifs is 1. The van der Waals surface area contributed by atoms with Gasteiger partial charge in [-0.3, -0.25) is 14.3 Å². The summed E-state index contributed by atoms with van der Waals surface area (Å²) in [6.07, 6.45) is 8.60. The number of nitrogen functional groups attached to an aromatic ring is 1. The summed E-state index contributed by atoms with van der Waals surface area (Å²) in [4.78, 5) is 25.5. The number of carbonyl (C=O) groups is 2. The highest BCUT2D eigenvalue weighted by atomic mass is 16.2. The topological polar surface area (TPSA) is 101 Å². The fourth-order valence-corrected chi connectivity index (χ4v) is 4.24. The molecule has 2 aromatic rings. The summed E-state index contributed by atoms with van der Waals surface area (Å²) < 4.78 is 1.62. The zero-order valence-corrected chi connectivity index (χ0v) is 16.7. The number of Topliss-reactive ketones (excluding diaryl/α,β-unsaturated/α-hetero) is 1. The molecule has 1 aromatic heterocycles. The first-order valence-corrected chi connectivity index (χ1v) is 10.4. The molecule has 1 aliphatic heterocycles. The molecule has 1 amide bonds. The van der Waals surface area contributed by atoms with Gasteiger partial charge in [0.2, 0.25) is 5.91 Å². The van der Waals surface area contributed by atoms with Crippen molar-refractivity contribution in [3.8, 4) is 0 Å². The smallest absolute Gasteiger partial charge is 0.223 e. The number of hydrogen-bond acceptors (Lipinski definition) is 5. The molecule has 7 nitrogen and oxygen atoms in total. The number of ketones is 1. The van der Waals surface area contributed by atoms with Gasteiger partial charge in [0.05, 0.1) is 22.6 Å². The van der Waals surface area contributed by atoms with Gasteiger partial charge in [0.15, 0.2) is 5.78 Å². The lowest BCUT2D eigenvalue weighted by Crippen LogP contribution is -2.42. The molecular formula is C23H25N5O2. The normalized spacial score (nSPS) is 20.2. The molecule has 0 spiro atoms. The van der Waals surface area contributed by atoms with Crippen LogP contribution in [0.25, 0.3) is 5.57 Å². The molecule has 1 aromatic carbocycles. The van der Waals surface area contributed by atoms with E-state index < -0.39 is 0 Å². The Bertz CT molecular complexity index is 1060. The summed E-state index contributed by atoms with van der Waals surface area (Å²) in [5.41, 5.74) is 4.74. The number of rotatable bonds is 5. The van der Waals surface area contributed by atoms with Crippen LogP contribution in [-0.4, -0.2) is 29.0 Å². The first-order chi connectivity index (χ1) is 14.6. The molecule has 2 heterocycles. The number of anilines is 2. The van der Waals surface area contributed by atoms with Gasteiger partial charge in [-0.2, -0.15) is 0 Å². The Labute approximate surface area is 175 Å². The number of nitrogens with one attached hydrogen (secondary N) is 3. The lowest BCUT2D eigenvalue weighted by molar-refractivity contribution is -0.123. The van der Waals surface area contributed by atoms with E-state index in [1.165, 1.54) is 0 Å². The van der Waals surface area contributed by atoms with Gasteiger partial charge in [0.25, 0.3) is 0 Å². The fraction of sp³-hybridized carbons (Fsp3) is 0.304. The SMILES string of the molecule is Nn1c2c(c(Nc3ccccc3)c1C1=CCNC=C1)C(=O)CC(NC(=O)C1CC1)C2. The van der Waals surface area contributed by atoms with Gasteiger partial charge in [-0.15, -0.1) is 0 Å². The predicted octanol–water partition coefficient (Wildman–Crippen LogP) is 2.47. The Kier molecular flexibility index (Phi) is 4.58. The third-order valence-corrected chi connectivity index (χ3v) is 5.89. The Morgan fingerprint density at radius 2 is 1.97 bits per heavy atom. The van der Waals surface area contributed by atoms with Crippen LogP contribution in [0, 0.1) is 5.92 Å². The molecular weight excluding hydrogens is 378 g/mol. The van der Waals surface area contributed by atoms with E-state index in [-0.39, 0.29) is 30.1 Å². The van der Waals surface area contributed by atoms with E-state index in [0.717, 1.165) is 41.2 Å². The van der Waals surface area contributed by atoms with E-state index >= 15 is 0 Å². The van der Waals surface area contributed by atoms with Crippen LogP contribution >= 0.6 is 0 Å². The minimum atomic E-state index is -0.217. The van der Waals surface area contributed by atoms with Crippen molar-refractivity contribution >= 4 is 28.6 Å². The van der Waals surface area contributed by atoms with Crippen LogP contribution in [0.15, 0.2) is 48.7 Å². The molecule has 30 heavy (non-hydrogen) atoms. The molecule has 2 aliphatic carbocycles. The van der Waals surface area contributed by atoms with E-state index in [0.29, 0.717) is 18.5 Å². The number of amides is 1. The van der Waals surface area contributed by atoms with E-state index in [1.807, 2.05) is 42.6 Å². The van der Waals surface area contributed by atoms with Gasteiger partial charge in [-0.05, 0) is 37.3 Å². The maximum absolute atomic E-state index is 13.2. The second-order valence-corrected chi connectivity index (χ2v) is 8.12. The van der Waals surface area contributed by atoms with Crippen LogP contribution in [-0.2, 0) is 11.2 Å². The van der Waals surface area contributed by atoms with Crippen LogP contribution in [0.1, 0.15) is 41.0 Å². The molecule has 7 heteroatoms. The number of carbonyl (C=O) groups excluding carboxylic acids is 2. The lowest BCUT2D eigenvalue weighted by atomic mass is 9.90. The first kappa shape index (κ1) is 18.5. The van der Waals surface area contributed by atoms with Crippen molar-refractivity contribution in [2.45, 2.75) is 31.7 Å². The molecule has 3 aliphatic rings. The number of nitrogens with zero attached hydrogens (tertiary/aromatic N) is 1. The minimum absolute atomic E-state index is 0.000239. The first-order valence-electron chi connectivity index (χ1n) is 10.4. The highest BCUT2D eigenvalue weighted by Crippen LogP contribution is 2.39. The van der Waals surface area contributed by atoms with E-state index in [4.69, 9.17) is 5.84 Å². The quantitative estimate of drug-likeness (QED) is 0.575. The highest BCUT2D eigenvalue weighted by Gasteiger charge is 2.37.